The molecule has 10 nitrogen and oxygen atoms in total. The first kappa shape index (κ1) is 38.1. The van der Waals surface area contributed by atoms with E-state index in [2.05, 4.69) is 63.4 Å². The summed E-state index contributed by atoms with van der Waals surface area (Å²) in [5, 5.41) is 2.96. The lowest BCUT2D eigenvalue weighted by atomic mass is 9.98. The summed E-state index contributed by atoms with van der Waals surface area (Å²) >= 11 is 0. The van der Waals surface area contributed by atoms with Gasteiger partial charge in [0, 0.05) is 12.5 Å². The molecule has 0 radical (unpaired) electrons. The van der Waals surface area contributed by atoms with E-state index in [1.807, 2.05) is 24.3 Å². The zero-order valence-electron chi connectivity index (χ0n) is 28.5. The molecule has 1 aliphatic carbocycles. The van der Waals surface area contributed by atoms with Gasteiger partial charge in [0.25, 0.3) is 0 Å². The third-order valence-corrected chi connectivity index (χ3v) is 12.8. The van der Waals surface area contributed by atoms with Gasteiger partial charge in [0.1, 0.15) is 6.61 Å². The highest BCUT2D eigenvalue weighted by Gasteiger charge is 2.36. The average Bonchev–Trinajstić information content (AvgIpc) is 3.35. The molecule has 0 atom stereocenters. The summed E-state index contributed by atoms with van der Waals surface area (Å²) < 4.78 is 44.8. The largest absolute Gasteiger partial charge is 0.449 e. The molecular weight excluding hydrogens is 606 g/mol. The Balaban J connectivity index is 1.03. The van der Waals surface area contributed by atoms with Crippen LogP contribution in [0.4, 0.5) is 4.79 Å². The number of nitrogens with one attached hydrogen (secondary N) is 1. The molecule has 258 valence electrons. The molecule has 0 spiro atoms. The van der Waals surface area contributed by atoms with E-state index in [4.69, 9.17) is 37.6 Å². The first-order valence-corrected chi connectivity index (χ1v) is 19.3. The van der Waals surface area contributed by atoms with Gasteiger partial charge < -0.3 is 42.9 Å². The first-order chi connectivity index (χ1) is 22.2. The zero-order valence-corrected chi connectivity index (χ0v) is 29.5. The Morgan fingerprint density at radius 3 is 1.46 bits per heavy atom. The minimum absolute atomic E-state index is 0.0442. The van der Waals surface area contributed by atoms with Crippen LogP contribution in [0.1, 0.15) is 37.8 Å². The fourth-order valence-electron chi connectivity index (χ4n) is 4.65. The molecule has 2 aromatic carbocycles. The van der Waals surface area contributed by atoms with Gasteiger partial charge in [0.2, 0.25) is 0 Å². The maximum absolute atomic E-state index is 12.2. The van der Waals surface area contributed by atoms with E-state index in [0.29, 0.717) is 99.0 Å². The van der Waals surface area contributed by atoms with Crippen molar-refractivity contribution in [1.29, 1.82) is 0 Å². The Kier molecular flexibility index (Phi) is 17.2. The molecule has 0 bridgehead atoms. The highest BCUT2D eigenvalue weighted by Crippen LogP contribution is 2.44. The van der Waals surface area contributed by atoms with Crippen molar-refractivity contribution in [3.05, 3.63) is 59.7 Å². The van der Waals surface area contributed by atoms with Crippen LogP contribution in [0, 0.1) is 0 Å². The van der Waals surface area contributed by atoms with Crippen LogP contribution in [-0.2, 0) is 37.6 Å². The normalized spacial score (nSPS) is 13.1. The van der Waals surface area contributed by atoms with Crippen LogP contribution in [0.3, 0.4) is 0 Å². The minimum Gasteiger partial charge on any atom is -0.449 e. The fourth-order valence-corrected chi connectivity index (χ4v) is 5.68. The number of hydrogen-bond donors (Lipinski definition) is 1. The molecule has 2 aromatic rings. The monoisotopic (exact) mass is 661 g/mol. The minimum atomic E-state index is -1.70. The summed E-state index contributed by atoms with van der Waals surface area (Å²) in [6.07, 6.45) is -0.445. The topological polar surface area (TPSA) is 103 Å². The van der Waals surface area contributed by atoms with E-state index >= 15 is 0 Å². The highest BCUT2D eigenvalue weighted by atomic mass is 28.4. The molecular formula is C35H55NO9Si. The highest BCUT2D eigenvalue weighted by molar-refractivity contribution is 6.74. The van der Waals surface area contributed by atoms with Gasteiger partial charge >= 0.3 is 6.09 Å². The molecule has 0 aliphatic heterocycles. The molecule has 1 N–H and O–H groups in total. The lowest BCUT2D eigenvalue weighted by Gasteiger charge is -2.36. The second-order valence-corrected chi connectivity index (χ2v) is 17.3. The van der Waals surface area contributed by atoms with Gasteiger partial charge in [0.05, 0.1) is 85.9 Å². The van der Waals surface area contributed by atoms with Crippen LogP contribution in [0.2, 0.25) is 18.1 Å². The third-order valence-electron chi connectivity index (χ3n) is 8.22. The van der Waals surface area contributed by atoms with Gasteiger partial charge in [-0.25, -0.2) is 4.79 Å². The summed E-state index contributed by atoms with van der Waals surface area (Å²) in [6.45, 7) is 18.4. The van der Waals surface area contributed by atoms with E-state index < -0.39 is 14.4 Å². The number of carbonyl (C=O) groups excluding carboxylic acids is 1. The molecule has 11 heteroatoms. The number of fused-ring (bicyclic) bond motifs is 3. The fraction of sp³-hybridized carbons (Fsp3) is 0.629. The maximum atomic E-state index is 12.2. The Labute approximate surface area is 276 Å². The predicted molar refractivity (Wildman–Crippen MR) is 181 cm³/mol. The second kappa shape index (κ2) is 20.8. The molecule has 46 heavy (non-hydrogen) atoms. The van der Waals surface area contributed by atoms with Crippen LogP contribution < -0.4 is 5.32 Å². The number of amides is 1. The molecule has 1 amide bonds. The van der Waals surface area contributed by atoms with Crippen molar-refractivity contribution in [2.24, 2.45) is 0 Å². The van der Waals surface area contributed by atoms with Gasteiger partial charge in [-0.05, 0) is 40.4 Å². The molecule has 0 fully saturated rings. The molecule has 0 aromatic heterocycles. The second-order valence-electron chi connectivity index (χ2n) is 12.5. The molecule has 0 unspecified atom stereocenters. The quantitative estimate of drug-likeness (QED) is 0.113. The summed E-state index contributed by atoms with van der Waals surface area (Å²) in [6, 6.07) is 16.5. The van der Waals surface area contributed by atoms with E-state index in [-0.39, 0.29) is 11.0 Å². The molecule has 0 saturated carbocycles. The van der Waals surface area contributed by atoms with E-state index in [1.165, 1.54) is 22.3 Å². The molecule has 3 rings (SSSR count). The van der Waals surface area contributed by atoms with Crippen molar-refractivity contribution in [2.75, 3.05) is 99.0 Å². The van der Waals surface area contributed by atoms with E-state index in [9.17, 15) is 4.79 Å². The number of carbonyl (C=O) groups is 1. The van der Waals surface area contributed by atoms with Crippen LogP contribution >= 0.6 is 0 Å². The standard InChI is InChI=1S/C35H55NO9Si/c1-35(2,3)46(4,5)45-27-26-43-25-24-42-23-22-41-21-20-40-19-18-39-17-16-38-15-14-36-34(37)44-28-33-31-12-8-6-10-29(31)30-11-7-9-13-32(30)33/h6-13,33H,14-28H2,1-5H3,(H,36,37). The number of alkyl carbamates (subject to hydrolysis) is 1. The van der Waals surface area contributed by atoms with Crippen molar-refractivity contribution < 1.29 is 42.4 Å². The zero-order chi connectivity index (χ0) is 33.1. The Hall–Kier alpha value is -2.35. The molecule has 0 saturated heterocycles. The van der Waals surface area contributed by atoms with Crippen LogP contribution in [-0.4, -0.2) is 113 Å². The predicted octanol–water partition coefficient (Wildman–Crippen LogP) is 5.65. The molecule has 0 heterocycles. The Bertz CT molecular complexity index is 1100. The van der Waals surface area contributed by atoms with Crippen LogP contribution in [0.25, 0.3) is 11.1 Å². The summed E-state index contributed by atoms with van der Waals surface area (Å²) in [7, 11) is -1.70. The first-order valence-electron chi connectivity index (χ1n) is 16.4. The summed E-state index contributed by atoms with van der Waals surface area (Å²) in [5.41, 5.74) is 4.79. The van der Waals surface area contributed by atoms with Gasteiger partial charge in [-0.3, -0.25) is 0 Å². The van der Waals surface area contributed by atoms with Crippen LogP contribution in [0.15, 0.2) is 48.5 Å². The number of hydrogen-bond acceptors (Lipinski definition) is 9. The SMILES string of the molecule is CC(C)(C)[Si](C)(C)OCCOCCOCCOCCOCCOCCOCCNC(=O)OCC1c2ccccc2-c2ccccc21. The van der Waals surface area contributed by atoms with Crippen molar-refractivity contribution in [3.63, 3.8) is 0 Å². The molecule has 1 aliphatic rings. The van der Waals surface area contributed by atoms with Crippen molar-refractivity contribution in [1.82, 2.24) is 5.32 Å². The lowest BCUT2D eigenvalue weighted by Crippen LogP contribution is -2.41. The third kappa shape index (κ3) is 13.4. The Morgan fingerprint density at radius 2 is 1.02 bits per heavy atom. The van der Waals surface area contributed by atoms with Gasteiger partial charge in [-0.1, -0.05) is 69.3 Å². The number of ether oxygens (including phenoxy) is 7. The smallest absolute Gasteiger partial charge is 0.407 e. The van der Waals surface area contributed by atoms with Gasteiger partial charge in [0.15, 0.2) is 8.32 Å². The Morgan fingerprint density at radius 1 is 0.630 bits per heavy atom. The summed E-state index contributed by atoms with van der Waals surface area (Å²) in [5.74, 6) is 0.0442. The van der Waals surface area contributed by atoms with Gasteiger partial charge in [-0.15, -0.1) is 0 Å². The number of rotatable bonds is 24. The lowest BCUT2D eigenvalue weighted by molar-refractivity contribution is -0.0178. The summed E-state index contributed by atoms with van der Waals surface area (Å²) in [4.78, 5) is 12.2. The van der Waals surface area contributed by atoms with E-state index in [1.54, 1.807) is 0 Å². The van der Waals surface area contributed by atoms with Crippen molar-refractivity contribution in [3.8, 4) is 11.1 Å². The maximum Gasteiger partial charge on any atom is 0.407 e. The average molecular weight is 662 g/mol. The van der Waals surface area contributed by atoms with Crippen molar-refractivity contribution in [2.45, 2.75) is 44.8 Å². The number of benzene rings is 2. The van der Waals surface area contributed by atoms with E-state index in [0.717, 1.165) is 0 Å². The van der Waals surface area contributed by atoms with Gasteiger partial charge in [-0.2, -0.15) is 0 Å². The van der Waals surface area contributed by atoms with Crippen LogP contribution in [0.5, 0.6) is 0 Å². The van der Waals surface area contributed by atoms with Crippen molar-refractivity contribution >= 4 is 14.4 Å².